The Hall–Kier alpha value is -2.48. The first-order valence-corrected chi connectivity index (χ1v) is 10.4. The van der Waals surface area contributed by atoms with Gasteiger partial charge in [0.1, 0.15) is 11.5 Å². The van der Waals surface area contributed by atoms with Crippen LogP contribution in [-0.2, 0) is 14.3 Å². The maximum absolute atomic E-state index is 12.8. The number of esters is 1. The summed E-state index contributed by atoms with van der Waals surface area (Å²) in [5.41, 5.74) is 0.352. The van der Waals surface area contributed by atoms with E-state index in [1.807, 2.05) is 6.92 Å². The van der Waals surface area contributed by atoms with Gasteiger partial charge in [-0.25, -0.2) is 4.98 Å². The third-order valence-corrected chi connectivity index (χ3v) is 6.12. The molecule has 0 saturated carbocycles. The van der Waals surface area contributed by atoms with Crippen LogP contribution in [-0.4, -0.2) is 72.7 Å². The molecule has 1 aromatic heterocycles. The lowest BCUT2D eigenvalue weighted by Crippen LogP contribution is -2.41. The summed E-state index contributed by atoms with van der Waals surface area (Å²) < 4.78 is 10.7. The largest absolute Gasteiger partial charge is 0.466 e. The van der Waals surface area contributed by atoms with Crippen LogP contribution in [0.5, 0.6) is 0 Å². The van der Waals surface area contributed by atoms with Crippen LogP contribution in [0.2, 0.25) is 0 Å². The van der Waals surface area contributed by atoms with E-state index in [-0.39, 0.29) is 35.5 Å². The highest BCUT2D eigenvalue weighted by molar-refractivity contribution is 5.92. The molecule has 0 N–H and O–H groups in total. The van der Waals surface area contributed by atoms with Crippen LogP contribution < -0.4 is 4.90 Å². The SMILES string of the molecule is CCOC(=O)[C@@H]1[C@H]2CN(c3cncc(C(=O)N4CCOCC4)n3)C[C@@H]2C=C[C@@H]1C. The summed E-state index contributed by atoms with van der Waals surface area (Å²) in [6.07, 6.45) is 7.55. The fourth-order valence-electron chi connectivity index (χ4n) is 4.62. The highest BCUT2D eigenvalue weighted by atomic mass is 16.5. The third-order valence-electron chi connectivity index (χ3n) is 6.12. The van der Waals surface area contributed by atoms with Gasteiger partial charge in [-0.3, -0.25) is 14.6 Å². The highest BCUT2D eigenvalue weighted by Gasteiger charge is 2.45. The molecule has 0 unspecified atom stereocenters. The van der Waals surface area contributed by atoms with E-state index in [1.165, 1.54) is 6.20 Å². The van der Waals surface area contributed by atoms with Crippen molar-refractivity contribution in [3.63, 3.8) is 0 Å². The molecule has 0 bridgehead atoms. The lowest BCUT2D eigenvalue weighted by atomic mass is 9.72. The van der Waals surface area contributed by atoms with Crippen LogP contribution in [0, 0.1) is 23.7 Å². The van der Waals surface area contributed by atoms with Gasteiger partial charge in [0.25, 0.3) is 5.91 Å². The van der Waals surface area contributed by atoms with E-state index in [0.29, 0.717) is 51.0 Å². The molecule has 8 heteroatoms. The van der Waals surface area contributed by atoms with Gasteiger partial charge < -0.3 is 19.3 Å². The zero-order valence-electron chi connectivity index (χ0n) is 17.0. The first-order chi connectivity index (χ1) is 14.1. The number of hydrogen-bond donors (Lipinski definition) is 0. The quantitative estimate of drug-likeness (QED) is 0.558. The number of amides is 1. The molecule has 29 heavy (non-hydrogen) atoms. The minimum Gasteiger partial charge on any atom is -0.466 e. The first-order valence-electron chi connectivity index (χ1n) is 10.4. The van der Waals surface area contributed by atoms with Gasteiger partial charge in [-0.2, -0.15) is 0 Å². The Morgan fingerprint density at radius 3 is 2.76 bits per heavy atom. The zero-order chi connectivity index (χ0) is 20.4. The predicted octanol–water partition coefficient (Wildman–Crippen LogP) is 1.39. The van der Waals surface area contributed by atoms with Crippen molar-refractivity contribution in [3.05, 3.63) is 30.2 Å². The maximum atomic E-state index is 12.8. The maximum Gasteiger partial charge on any atom is 0.309 e. The van der Waals surface area contributed by atoms with Gasteiger partial charge in [0, 0.05) is 26.2 Å². The van der Waals surface area contributed by atoms with E-state index in [1.54, 1.807) is 11.1 Å². The Kier molecular flexibility index (Phi) is 5.80. The molecule has 2 aliphatic heterocycles. The standard InChI is InChI=1S/C21H28N4O4/c1-3-29-21(27)19-14(2)4-5-15-12-25(13-16(15)19)18-11-22-10-17(23-18)20(26)24-6-8-28-9-7-24/h4-5,10-11,14-16,19H,3,6-9,12-13H2,1-2H3/t14-,15-,16-,19-/m0/s1. The van der Waals surface area contributed by atoms with E-state index in [9.17, 15) is 9.59 Å². The second-order valence-electron chi connectivity index (χ2n) is 7.92. The molecular weight excluding hydrogens is 372 g/mol. The number of carbonyl (C=O) groups excluding carboxylic acids is 2. The molecule has 156 valence electrons. The predicted molar refractivity (Wildman–Crippen MR) is 106 cm³/mol. The highest BCUT2D eigenvalue weighted by Crippen LogP contribution is 2.41. The number of rotatable bonds is 4. The number of aromatic nitrogens is 2. The van der Waals surface area contributed by atoms with Gasteiger partial charge in [-0.05, 0) is 24.7 Å². The Labute approximate surface area is 170 Å². The monoisotopic (exact) mass is 400 g/mol. The van der Waals surface area contributed by atoms with E-state index in [4.69, 9.17) is 9.47 Å². The van der Waals surface area contributed by atoms with Crippen molar-refractivity contribution in [2.75, 3.05) is 50.9 Å². The van der Waals surface area contributed by atoms with Crippen molar-refractivity contribution in [2.45, 2.75) is 13.8 Å². The van der Waals surface area contributed by atoms with Crippen LogP contribution in [0.1, 0.15) is 24.3 Å². The molecule has 4 rings (SSSR count). The number of carbonyl (C=O) groups is 2. The van der Waals surface area contributed by atoms with E-state index in [0.717, 1.165) is 6.54 Å². The minimum atomic E-state index is -0.152. The Balaban J connectivity index is 1.51. The van der Waals surface area contributed by atoms with Crippen LogP contribution >= 0.6 is 0 Å². The number of allylic oxidation sites excluding steroid dienone is 1. The molecule has 0 aromatic carbocycles. The van der Waals surface area contributed by atoms with Gasteiger partial charge in [0.15, 0.2) is 0 Å². The second-order valence-corrected chi connectivity index (χ2v) is 7.92. The molecule has 0 radical (unpaired) electrons. The number of hydrogen-bond acceptors (Lipinski definition) is 7. The summed E-state index contributed by atoms with van der Waals surface area (Å²) in [5.74, 6) is 0.884. The van der Waals surface area contributed by atoms with E-state index >= 15 is 0 Å². The number of fused-ring (bicyclic) bond motifs is 1. The Morgan fingerprint density at radius 1 is 1.21 bits per heavy atom. The molecular formula is C21H28N4O4. The minimum absolute atomic E-state index is 0.114. The summed E-state index contributed by atoms with van der Waals surface area (Å²) in [6, 6.07) is 0. The van der Waals surface area contributed by atoms with Crippen LogP contribution in [0.25, 0.3) is 0 Å². The normalized spacial score (nSPS) is 28.9. The number of anilines is 1. The van der Waals surface area contributed by atoms with Crippen molar-refractivity contribution in [1.29, 1.82) is 0 Å². The lowest BCUT2D eigenvalue weighted by molar-refractivity contribution is -0.151. The molecule has 3 aliphatic rings. The van der Waals surface area contributed by atoms with Crippen molar-refractivity contribution in [2.24, 2.45) is 23.7 Å². The zero-order valence-corrected chi connectivity index (χ0v) is 17.0. The van der Waals surface area contributed by atoms with Gasteiger partial charge in [-0.1, -0.05) is 19.1 Å². The molecule has 2 fully saturated rings. The van der Waals surface area contributed by atoms with Crippen molar-refractivity contribution in [3.8, 4) is 0 Å². The molecule has 1 aromatic rings. The van der Waals surface area contributed by atoms with Gasteiger partial charge >= 0.3 is 5.97 Å². The Bertz CT molecular complexity index is 793. The smallest absolute Gasteiger partial charge is 0.309 e. The average molecular weight is 400 g/mol. The van der Waals surface area contributed by atoms with Crippen LogP contribution in [0.4, 0.5) is 5.82 Å². The van der Waals surface area contributed by atoms with Crippen molar-refractivity contribution in [1.82, 2.24) is 14.9 Å². The summed E-state index contributed by atoms with van der Waals surface area (Å²) in [4.78, 5) is 38.1. The van der Waals surface area contributed by atoms with Gasteiger partial charge in [0.2, 0.25) is 0 Å². The fourth-order valence-corrected chi connectivity index (χ4v) is 4.62. The first kappa shape index (κ1) is 19.8. The van der Waals surface area contributed by atoms with E-state index in [2.05, 4.69) is 33.9 Å². The Morgan fingerprint density at radius 2 is 2.00 bits per heavy atom. The number of morpholine rings is 1. The summed E-state index contributed by atoms with van der Waals surface area (Å²) in [7, 11) is 0. The van der Waals surface area contributed by atoms with Crippen molar-refractivity contribution < 1.29 is 19.1 Å². The average Bonchev–Trinajstić information content (AvgIpc) is 3.18. The molecule has 3 heterocycles. The summed E-state index contributed by atoms with van der Waals surface area (Å²) >= 11 is 0. The van der Waals surface area contributed by atoms with Crippen LogP contribution in [0.15, 0.2) is 24.5 Å². The van der Waals surface area contributed by atoms with Gasteiger partial charge in [0.05, 0.1) is 38.1 Å². The molecule has 1 amide bonds. The topological polar surface area (TPSA) is 84.9 Å². The van der Waals surface area contributed by atoms with Crippen LogP contribution in [0.3, 0.4) is 0 Å². The summed E-state index contributed by atoms with van der Waals surface area (Å²) in [6.45, 7) is 8.00. The third kappa shape index (κ3) is 3.99. The van der Waals surface area contributed by atoms with E-state index < -0.39 is 0 Å². The lowest BCUT2D eigenvalue weighted by Gasteiger charge is -2.31. The molecule has 0 spiro atoms. The van der Waals surface area contributed by atoms with Gasteiger partial charge in [-0.15, -0.1) is 0 Å². The fraction of sp³-hybridized carbons (Fsp3) is 0.619. The molecule has 1 aliphatic carbocycles. The number of ether oxygens (including phenoxy) is 2. The van der Waals surface area contributed by atoms with Crippen molar-refractivity contribution >= 4 is 17.7 Å². The summed E-state index contributed by atoms with van der Waals surface area (Å²) in [5, 5.41) is 0. The second kappa shape index (κ2) is 8.49. The number of nitrogens with zero attached hydrogens (tertiary/aromatic N) is 4. The molecule has 8 nitrogen and oxygen atoms in total. The molecule has 4 atom stereocenters. The molecule has 2 saturated heterocycles.